The third-order valence-corrected chi connectivity index (χ3v) is 4.56. The van der Waals surface area contributed by atoms with E-state index >= 15 is 0 Å². The van der Waals surface area contributed by atoms with Gasteiger partial charge in [0, 0.05) is 23.7 Å². The van der Waals surface area contributed by atoms with Gasteiger partial charge in [-0.2, -0.15) is 11.3 Å². The van der Waals surface area contributed by atoms with E-state index in [1.165, 1.54) is 11.1 Å². The molecule has 0 radical (unpaired) electrons. The van der Waals surface area contributed by atoms with Crippen molar-refractivity contribution in [3.05, 3.63) is 76.6 Å². The average Bonchev–Trinajstić information content (AvgIpc) is 3.21. The lowest BCUT2D eigenvalue weighted by molar-refractivity contribution is 1.08. The van der Waals surface area contributed by atoms with Gasteiger partial charge in [-0.25, -0.2) is 4.98 Å². The standard InChI is InChI=1S/C19H17N3S.ClH/c1-14-7-9-22-17(11-14)21-18(16-8-10-23-13-16)19(22)20-12-15-5-3-2-4-6-15;/h2-11,13,20H,12H2,1H3;1H. The number of nitrogens with one attached hydrogen (secondary N) is 1. The zero-order chi connectivity index (χ0) is 15.6. The van der Waals surface area contributed by atoms with Crippen molar-refractivity contribution in [3.8, 4) is 11.3 Å². The predicted octanol–water partition coefficient (Wildman–Crippen LogP) is 5.41. The van der Waals surface area contributed by atoms with Crippen LogP contribution in [0.15, 0.2) is 65.5 Å². The number of aryl methyl sites for hydroxylation is 1. The molecule has 4 rings (SSSR count). The van der Waals surface area contributed by atoms with Gasteiger partial charge in [-0.05, 0) is 41.6 Å². The Kier molecular flexibility index (Phi) is 4.88. The molecule has 5 heteroatoms. The van der Waals surface area contributed by atoms with Crippen molar-refractivity contribution in [2.24, 2.45) is 0 Å². The topological polar surface area (TPSA) is 29.3 Å². The SMILES string of the molecule is Cc1ccn2c(NCc3ccccc3)c(-c3ccsc3)nc2c1.Cl. The number of nitrogens with zero attached hydrogens (tertiary/aromatic N) is 2. The summed E-state index contributed by atoms with van der Waals surface area (Å²) in [7, 11) is 0. The maximum Gasteiger partial charge on any atom is 0.139 e. The first kappa shape index (κ1) is 16.6. The molecule has 3 nitrogen and oxygen atoms in total. The van der Waals surface area contributed by atoms with Crippen LogP contribution in [0.1, 0.15) is 11.1 Å². The molecule has 0 aliphatic rings. The Bertz CT molecular complexity index is 930. The van der Waals surface area contributed by atoms with Gasteiger partial charge in [-0.15, -0.1) is 12.4 Å². The van der Waals surface area contributed by atoms with Gasteiger partial charge < -0.3 is 5.32 Å². The van der Waals surface area contributed by atoms with Gasteiger partial charge in [-0.3, -0.25) is 4.40 Å². The summed E-state index contributed by atoms with van der Waals surface area (Å²) in [6.45, 7) is 2.87. The normalized spacial score (nSPS) is 10.5. The number of fused-ring (bicyclic) bond motifs is 1. The third-order valence-electron chi connectivity index (χ3n) is 3.88. The molecule has 3 aromatic heterocycles. The fraction of sp³-hybridized carbons (Fsp3) is 0.105. The van der Waals surface area contributed by atoms with Crippen LogP contribution in [0.5, 0.6) is 0 Å². The second kappa shape index (κ2) is 7.07. The Hall–Kier alpha value is -2.30. The van der Waals surface area contributed by atoms with Crippen molar-refractivity contribution in [2.75, 3.05) is 5.32 Å². The molecule has 0 saturated heterocycles. The van der Waals surface area contributed by atoms with E-state index in [0.29, 0.717) is 0 Å². The largest absolute Gasteiger partial charge is 0.365 e. The van der Waals surface area contributed by atoms with Crippen molar-refractivity contribution >= 4 is 35.2 Å². The highest BCUT2D eigenvalue weighted by Gasteiger charge is 2.14. The molecule has 0 spiro atoms. The number of imidazole rings is 1. The van der Waals surface area contributed by atoms with Gasteiger partial charge in [0.2, 0.25) is 0 Å². The third kappa shape index (κ3) is 3.16. The van der Waals surface area contributed by atoms with Crippen LogP contribution in [0.2, 0.25) is 0 Å². The predicted molar refractivity (Wildman–Crippen MR) is 104 cm³/mol. The fourth-order valence-corrected chi connectivity index (χ4v) is 3.34. The lowest BCUT2D eigenvalue weighted by Gasteiger charge is -2.08. The van der Waals surface area contributed by atoms with Crippen LogP contribution in [0.3, 0.4) is 0 Å². The molecule has 3 heterocycles. The van der Waals surface area contributed by atoms with Crippen molar-refractivity contribution in [3.63, 3.8) is 0 Å². The molecule has 0 unspecified atom stereocenters. The first-order valence-electron chi connectivity index (χ1n) is 7.60. The molecule has 0 amide bonds. The van der Waals surface area contributed by atoms with Gasteiger partial charge >= 0.3 is 0 Å². The van der Waals surface area contributed by atoms with Crippen molar-refractivity contribution in [2.45, 2.75) is 13.5 Å². The first-order chi connectivity index (χ1) is 11.3. The second-order valence-corrected chi connectivity index (χ2v) is 6.37. The van der Waals surface area contributed by atoms with Gasteiger partial charge in [-0.1, -0.05) is 30.3 Å². The number of hydrogen-bond donors (Lipinski definition) is 1. The quantitative estimate of drug-likeness (QED) is 0.530. The smallest absolute Gasteiger partial charge is 0.139 e. The maximum atomic E-state index is 4.84. The molecule has 0 atom stereocenters. The Morgan fingerprint density at radius 3 is 2.71 bits per heavy atom. The average molecular weight is 356 g/mol. The van der Waals surface area contributed by atoms with E-state index in [0.717, 1.165) is 29.3 Å². The molecule has 1 N–H and O–H groups in total. The summed E-state index contributed by atoms with van der Waals surface area (Å²) in [5.74, 6) is 1.04. The number of hydrogen-bond acceptors (Lipinski definition) is 3. The molecule has 0 saturated carbocycles. The highest BCUT2D eigenvalue weighted by Crippen LogP contribution is 2.30. The van der Waals surface area contributed by atoms with Gasteiger partial charge in [0.15, 0.2) is 0 Å². The summed E-state index contributed by atoms with van der Waals surface area (Å²) in [6.07, 6.45) is 2.08. The molecule has 4 aromatic rings. The molecular formula is C19H18ClN3S. The van der Waals surface area contributed by atoms with Crippen LogP contribution >= 0.6 is 23.7 Å². The molecular weight excluding hydrogens is 338 g/mol. The van der Waals surface area contributed by atoms with Gasteiger partial charge in [0.25, 0.3) is 0 Å². The number of benzene rings is 1. The fourth-order valence-electron chi connectivity index (χ4n) is 2.70. The Balaban J connectivity index is 0.00000169. The number of halogens is 1. The summed E-state index contributed by atoms with van der Waals surface area (Å²) in [6, 6.07) is 16.8. The van der Waals surface area contributed by atoms with E-state index in [9.17, 15) is 0 Å². The molecule has 0 aliphatic carbocycles. The van der Waals surface area contributed by atoms with Crippen LogP contribution in [-0.4, -0.2) is 9.38 Å². The second-order valence-electron chi connectivity index (χ2n) is 5.59. The molecule has 24 heavy (non-hydrogen) atoms. The number of rotatable bonds is 4. The minimum Gasteiger partial charge on any atom is -0.365 e. The monoisotopic (exact) mass is 355 g/mol. The highest BCUT2D eigenvalue weighted by atomic mass is 35.5. The number of anilines is 1. The van der Waals surface area contributed by atoms with Crippen LogP contribution in [0.4, 0.5) is 5.82 Å². The van der Waals surface area contributed by atoms with E-state index in [1.54, 1.807) is 11.3 Å². The maximum absolute atomic E-state index is 4.84. The van der Waals surface area contributed by atoms with Crippen LogP contribution < -0.4 is 5.32 Å². The van der Waals surface area contributed by atoms with Gasteiger partial charge in [0.05, 0.1) is 0 Å². The lowest BCUT2D eigenvalue weighted by Crippen LogP contribution is -2.03. The Morgan fingerprint density at radius 2 is 1.96 bits per heavy atom. The van der Waals surface area contributed by atoms with Crippen molar-refractivity contribution in [1.82, 2.24) is 9.38 Å². The Morgan fingerprint density at radius 1 is 1.12 bits per heavy atom. The number of thiophene rings is 1. The summed E-state index contributed by atoms with van der Waals surface area (Å²) in [5, 5.41) is 7.80. The highest BCUT2D eigenvalue weighted by molar-refractivity contribution is 7.08. The summed E-state index contributed by atoms with van der Waals surface area (Å²) in [5.41, 5.74) is 5.61. The molecule has 0 fully saturated rings. The van der Waals surface area contributed by atoms with Gasteiger partial charge in [0.1, 0.15) is 17.2 Å². The minimum atomic E-state index is 0. The minimum absolute atomic E-state index is 0. The van der Waals surface area contributed by atoms with E-state index in [4.69, 9.17) is 4.98 Å². The van der Waals surface area contributed by atoms with Crippen LogP contribution in [0, 0.1) is 6.92 Å². The van der Waals surface area contributed by atoms with Crippen LogP contribution in [-0.2, 0) is 6.54 Å². The zero-order valence-electron chi connectivity index (χ0n) is 13.3. The van der Waals surface area contributed by atoms with E-state index in [-0.39, 0.29) is 12.4 Å². The van der Waals surface area contributed by atoms with Crippen LogP contribution in [0.25, 0.3) is 16.9 Å². The molecule has 1 aromatic carbocycles. The molecule has 122 valence electrons. The number of pyridine rings is 1. The molecule has 0 bridgehead atoms. The summed E-state index contributed by atoms with van der Waals surface area (Å²) in [4.78, 5) is 4.84. The first-order valence-corrected chi connectivity index (χ1v) is 8.54. The Labute approximate surface area is 151 Å². The van der Waals surface area contributed by atoms with Crippen molar-refractivity contribution < 1.29 is 0 Å². The van der Waals surface area contributed by atoms with E-state index in [1.807, 2.05) is 6.07 Å². The zero-order valence-corrected chi connectivity index (χ0v) is 14.9. The number of aromatic nitrogens is 2. The van der Waals surface area contributed by atoms with E-state index in [2.05, 4.69) is 76.1 Å². The van der Waals surface area contributed by atoms with E-state index < -0.39 is 0 Å². The summed E-state index contributed by atoms with van der Waals surface area (Å²) < 4.78 is 2.13. The molecule has 0 aliphatic heterocycles. The van der Waals surface area contributed by atoms with Crippen molar-refractivity contribution in [1.29, 1.82) is 0 Å². The summed E-state index contributed by atoms with van der Waals surface area (Å²) >= 11 is 1.69. The lowest BCUT2D eigenvalue weighted by atomic mass is 10.2.